The smallest absolute Gasteiger partial charge is 0.0782 e. The van der Waals surface area contributed by atoms with Gasteiger partial charge in [-0.2, -0.15) is 0 Å². The van der Waals surface area contributed by atoms with Crippen molar-refractivity contribution < 1.29 is 9.47 Å². The second-order valence-electron chi connectivity index (χ2n) is 32.2. The van der Waals surface area contributed by atoms with Gasteiger partial charge in [-0.3, -0.25) is 24.5 Å². The molecule has 7 unspecified atom stereocenters. The number of allylic oxidation sites excluding steroid dienone is 14. The molecule has 10 heteroatoms. The molecule has 0 aromatic carbocycles. The van der Waals surface area contributed by atoms with Gasteiger partial charge in [0.2, 0.25) is 0 Å². The summed E-state index contributed by atoms with van der Waals surface area (Å²) in [4.78, 5) is 19.5. The molecule has 5 aliphatic rings. The third kappa shape index (κ3) is 51.0. The van der Waals surface area contributed by atoms with Crippen LogP contribution in [0.15, 0.2) is 259 Å². The van der Waals surface area contributed by atoms with Crippen molar-refractivity contribution in [3.63, 3.8) is 0 Å². The Bertz CT molecular complexity index is 2710. The van der Waals surface area contributed by atoms with Crippen LogP contribution in [-0.2, 0) is 9.47 Å². The Balaban J connectivity index is 0. The summed E-state index contributed by atoms with van der Waals surface area (Å²) in [5, 5.41) is 0. The average molecular weight is 1520 g/mol. The maximum Gasteiger partial charge on any atom is 0.0782 e. The zero-order chi connectivity index (χ0) is 83.7. The van der Waals surface area contributed by atoms with Gasteiger partial charge in [0.15, 0.2) is 0 Å². The van der Waals surface area contributed by atoms with Gasteiger partial charge in [0.05, 0.1) is 19.3 Å². The molecule has 0 aromatic heterocycles. The Hall–Kier alpha value is -5.86. The van der Waals surface area contributed by atoms with Gasteiger partial charge in [0.25, 0.3) is 0 Å². The van der Waals surface area contributed by atoms with Crippen LogP contribution in [0, 0.1) is 0 Å². The van der Waals surface area contributed by atoms with Gasteiger partial charge < -0.3 is 24.2 Å². The lowest BCUT2D eigenvalue weighted by Gasteiger charge is -2.38. The lowest BCUT2D eigenvalue weighted by molar-refractivity contribution is 0.0223. The third-order valence-corrected chi connectivity index (χ3v) is 21.5. The molecule has 5 aliphatic heterocycles. The van der Waals surface area contributed by atoms with Crippen LogP contribution in [0.2, 0.25) is 0 Å². The number of hydrogen-bond donors (Lipinski definition) is 0. The van der Waals surface area contributed by atoms with Crippen molar-refractivity contribution in [3.05, 3.63) is 259 Å². The molecule has 5 heterocycles. The summed E-state index contributed by atoms with van der Waals surface area (Å²) in [5.41, 5.74) is 16.5. The number of hydrogen-bond acceptors (Lipinski definition) is 10. The lowest BCUT2D eigenvalue weighted by atomic mass is 9.97. The number of ether oxygens (including phenoxy) is 2. The van der Waals surface area contributed by atoms with Crippen LogP contribution >= 0.6 is 0 Å². The first-order valence-corrected chi connectivity index (χ1v) is 41.7. The van der Waals surface area contributed by atoms with E-state index in [4.69, 9.17) is 9.47 Å². The number of morpholine rings is 1. The van der Waals surface area contributed by atoms with Crippen molar-refractivity contribution in [3.8, 4) is 0 Å². The van der Waals surface area contributed by atoms with E-state index in [1.54, 1.807) is 0 Å². The van der Waals surface area contributed by atoms with Crippen molar-refractivity contribution >= 4 is 0 Å². The highest BCUT2D eigenvalue weighted by molar-refractivity contribution is 5.19. The van der Waals surface area contributed by atoms with Gasteiger partial charge in [0, 0.05) is 82.1 Å². The van der Waals surface area contributed by atoms with Crippen molar-refractivity contribution in [1.29, 1.82) is 0 Å². The molecule has 0 N–H and O–H groups in total. The monoisotopic (exact) mass is 1520 g/mol. The second kappa shape index (κ2) is 64.5. The van der Waals surface area contributed by atoms with Crippen LogP contribution in [0.4, 0.5) is 0 Å². The van der Waals surface area contributed by atoms with Crippen LogP contribution in [0.3, 0.4) is 0 Å². The van der Waals surface area contributed by atoms with E-state index in [0.717, 1.165) is 207 Å². The van der Waals surface area contributed by atoms with Gasteiger partial charge in [-0.15, -0.1) is 0 Å². The van der Waals surface area contributed by atoms with Gasteiger partial charge in [0.1, 0.15) is 0 Å². The summed E-state index contributed by atoms with van der Waals surface area (Å²) in [7, 11) is 10.5. The minimum absolute atomic E-state index is 0.147. The highest BCUT2D eigenvalue weighted by atomic mass is 16.5. The van der Waals surface area contributed by atoms with Gasteiger partial charge >= 0.3 is 0 Å². The highest BCUT2D eigenvalue weighted by Gasteiger charge is 2.27. The summed E-state index contributed by atoms with van der Waals surface area (Å²) >= 11 is 0. The van der Waals surface area contributed by atoms with Gasteiger partial charge in [-0.1, -0.05) is 272 Å². The van der Waals surface area contributed by atoms with Gasteiger partial charge in [-0.05, 0) is 264 Å². The fraction of sp³-hybridized carbons (Fsp3) is 0.580. The van der Waals surface area contributed by atoms with E-state index in [9.17, 15) is 0 Å². The Morgan fingerprint density at radius 1 is 0.327 bits per heavy atom. The third-order valence-electron chi connectivity index (χ3n) is 21.5. The normalized spacial score (nSPS) is 17.4. The number of likely N-dealkylation sites (tertiary alicyclic amines) is 3. The first-order chi connectivity index (χ1) is 52.1. The van der Waals surface area contributed by atoms with Crippen LogP contribution in [-0.4, -0.2) is 222 Å². The van der Waals surface area contributed by atoms with Crippen molar-refractivity contribution in [2.45, 2.75) is 239 Å². The first-order valence-electron chi connectivity index (χ1n) is 41.7. The molecule has 10 nitrogen and oxygen atoms in total. The van der Waals surface area contributed by atoms with Crippen LogP contribution < -0.4 is 0 Å². The second-order valence-corrected chi connectivity index (χ2v) is 32.2. The average Bonchev–Trinajstić information content (AvgIpc) is 0.980. The van der Waals surface area contributed by atoms with Crippen LogP contribution in [0.5, 0.6) is 0 Å². The van der Waals surface area contributed by atoms with E-state index in [1.807, 2.05) is 49.5 Å². The standard InChI is InChI=1S/C15H26N2.C15H27NO.2C15H25N.C14H23NO.C14H23N.C12H21N/c1-6-14(4)7-8-15(13(2)3)17-11-9-16(5)10-12-17;1-7-14(4)9-10-15(13(2)3)17-12-8-11-16(5)6;2*1-5-14(4)9-10-15(13(2)3)16-11-7-6-8-12-16;1-5-13(4)6-7-14(12(2)3)15-8-10-16-11-9-15;1-5-13(4)8-9-14(12(2)3)15-10-6-7-11-15;1-7-11(4)8-9-12(10(2)3)13(5)6/h6,15H,1-2,4,7-12H2,3,5H3;7,15H,1-2,4,8-12H2,3,5-6H3;2*5,15H,1-2,4,6-12H2,3H3;5,14H,1-2,4,6-11H2,3H3;5,14H,1-2,4,6-11H2,3H3;7,12H,1-2,4,8-9H2,3,5-6H3. The molecule has 5 fully saturated rings. The van der Waals surface area contributed by atoms with E-state index < -0.39 is 0 Å². The predicted octanol–water partition coefficient (Wildman–Crippen LogP) is 23.4. The van der Waals surface area contributed by atoms with E-state index in [2.05, 4.69) is 254 Å². The molecule has 110 heavy (non-hydrogen) atoms. The largest absolute Gasteiger partial charge is 0.379 e. The highest BCUT2D eigenvalue weighted by Crippen LogP contribution is 2.27. The Labute approximate surface area is 682 Å². The summed E-state index contributed by atoms with van der Waals surface area (Å²) in [5.74, 6) is 0. The first kappa shape index (κ1) is 106. The summed E-state index contributed by atoms with van der Waals surface area (Å²) in [6.45, 7) is 115. The van der Waals surface area contributed by atoms with Crippen LogP contribution in [0.1, 0.15) is 196 Å². The fourth-order valence-corrected chi connectivity index (χ4v) is 14.2. The number of nitrogens with zero attached hydrogens (tertiary/aromatic N) is 8. The van der Waals surface area contributed by atoms with E-state index >= 15 is 0 Å². The number of likely N-dealkylation sites (N-methyl/N-ethyl adjacent to an activating group) is 2. The number of piperidine rings is 2. The molecule has 5 rings (SSSR count). The summed E-state index contributed by atoms with van der Waals surface area (Å²) in [6, 6.07) is 3.04. The number of piperazine rings is 1. The zero-order valence-electron chi connectivity index (χ0n) is 73.9. The molecule has 0 bridgehead atoms. The van der Waals surface area contributed by atoms with Crippen LogP contribution in [0.25, 0.3) is 0 Å². The molecular weight excluding hydrogens is 1350 g/mol. The molecule has 622 valence electrons. The Morgan fingerprint density at radius 3 is 0.827 bits per heavy atom. The lowest BCUT2D eigenvalue weighted by Crippen LogP contribution is -2.49. The van der Waals surface area contributed by atoms with Crippen molar-refractivity contribution in [2.24, 2.45) is 0 Å². The maximum absolute atomic E-state index is 5.85. The summed E-state index contributed by atoms with van der Waals surface area (Å²) in [6.07, 6.45) is 39.6. The Kier molecular flexibility index (Phi) is 62.3. The molecule has 7 atom stereocenters. The minimum Gasteiger partial charge on any atom is -0.379 e. The zero-order valence-corrected chi connectivity index (χ0v) is 73.9. The fourth-order valence-electron chi connectivity index (χ4n) is 14.2. The van der Waals surface area contributed by atoms with E-state index in [1.165, 1.54) is 124 Å². The molecule has 0 aliphatic carbocycles. The van der Waals surface area contributed by atoms with E-state index in [-0.39, 0.29) is 6.10 Å². The molecular formula is C100H170N8O2. The molecule has 0 radical (unpaired) electrons. The molecule has 0 saturated carbocycles. The molecule has 0 amide bonds. The minimum atomic E-state index is 0.147. The molecule has 5 saturated heterocycles. The predicted molar refractivity (Wildman–Crippen MR) is 496 cm³/mol. The van der Waals surface area contributed by atoms with Crippen molar-refractivity contribution in [1.82, 2.24) is 39.2 Å². The molecule has 0 spiro atoms. The molecule has 0 aromatic rings. The van der Waals surface area contributed by atoms with Gasteiger partial charge in [-0.25, -0.2) is 0 Å². The van der Waals surface area contributed by atoms with Crippen molar-refractivity contribution in [2.75, 3.05) is 140 Å². The summed E-state index contributed by atoms with van der Waals surface area (Å²) < 4.78 is 11.2. The van der Waals surface area contributed by atoms with E-state index in [0.29, 0.717) is 36.3 Å². The maximum atomic E-state index is 5.85. The topological polar surface area (TPSA) is 44.4 Å². The quantitative estimate of drug-likeness (QED) is 0.0335. The number of rotatable bonds is 46. The Morgan fingerprint density at radius 2 is 0.582 bits per heavy atom. The SMILES string of the molecule is C=CC(=C)CCC(C(=C)C)N(C)C.C=CC(=C)CCC(C(=C)C)N1CCCC1.C=CC(=C)CCC(C(=C)C)N1CCCCC1.C=CC(=C)CCC(C(=C)C)N1CCCCC1.C=CC(=C)CCC(C(=C)C)N1CCN(C)CC1.C=CC(=C)CCC(C(=C)C)N1CCOCC1.C=CC(=C)CCC(OCCCN(C)C)C(=C)C.